The van der Waals surface area contributed by atoms with Crippen molar-refractivity contribution in [3.63, 3.8) is 0 Å². The van der Waals surface area contributed by atoms with E-state index < -0.39 is 17.9 Å². The molecule has 0 aliphatic carbocycles. The first kappa shape index (κ1) is 56.3. The van der Waals surface area contributed by atoms with Crippen LogP contribution < -0.4 is 15.3 Å². The summed E-state index contributed by atoms with van der Waals surface area (Å²) in [5.74, 6) is -3.46. The van der Waals surface area contributed by atoms with Crippen molar-refractivity contribution in [2.45, 2.75) is 62.3 Å². The van der Waals surface area contributed by atoms with Crippen LogP contribution in [0.4, 0.5) is 0 Å². The molecule has 0 bridgehead atoms. The quantitative estimate of drug-likeness (QED) is 0.125. The summed E-state index contributed by atoms with van der Waals surface area (Å²) < 4.78 is 0. The van der Waals surface area contributed by atoms with Gasteiger partial charge in [0.25, 0.3) is 0 Å². The number of Topliss-reactive ketones (excluding diaryl/α,β-unsaturated/α-hetero) is 1. The van der Waals surface area contributed by atoms with E-state index in [4.69, 9.17) is 0 Å². The fourth-order valence-corrected chi connectivity index (χ4v) is 2.75. The van der Waals surface area contributed by atoms with E-state index in [-0.39, 0.29) is 74.1 Å². The smallest absolute Gasteiger partial charge is 0.870 e. The second-order valence-corrected chi connectivity index (χ2v) is 10.7. The Bertz CT molecular complexity index is 1350. The molecule has 0 spiro atoms. The summed E-state index contributed by atoms with van der Waals surface area (Å²) in [4.78, 5) is 42.6. The van der Waals surface area contributed by atoms with Crippen LogP contribution in [0.25, 0.3) is 0 Å². The van der Waals surface area contributed by atoms with Gasteiger partial charge >= 0.3 is 46.1 Å². The number of aliphatic carboxylic acids is 3. The third kappa shape index (κ3) is 35.6. The number of carbonyl (C=O) groups is 4. The van der Waals surface area contributed by atoms with Crippen LogP contribution in [0, 0.1) is 0 Å². The topological polar surface area (TPSA) is 167 Å². The van der Waals surface area contributed by atoms with Crippen molar-refractivity contribution < 1.29 is 40.0 Å². The summed E-state index contributed by atoms with van der Waals surface area (Å²) in [6, 6.07) is 0. The Hall–Kier alpha value is -4.07. The number of ketones is 1. The van der Waals surface area contributed by atoms with Crippen LogP contribution in [0.5, 0.6) is 0 Å². The second-order valence-electron chi connectivity index (χ2n) is 10.7. The Balaban J connectivity index is -0.000000261. The Labute approximate surface area is 336 Å². The Morgan fingerprint density at radius 1 is 0.333 bits per heavy atom. The third-order valence-corrected chi connectivity index (χ3v) is 6.00. The fourth-order valence-electron chi connectivity index (χ4n) is 2.75. The van der Waals surface area contributed by atoms with E-state index in [0.29, 0.717) is 0 Å². The molecule has 0 aromatic carbocycles. The summed E-state index contributed by atoms with van der Waals surface area (Å²) in [5.41, 5.74) is 5.23. The fraction of sp³-hybridized carbons (Fsp3) is 0.220. The standard InChI is InChI=1S/C21H26O3.C20H24O4.2Mg.H2O/c1-16(12-8-14-18(3)20(5)22)10-6-7-11-17(2)13-9-15-19(4)21(23)24;1-15(11-7-13-17(3)19(21)22)9-5-6-10-16(2)12-8-14-18(4)20(23)24;;;/h6-15H,1-5H3,(H,23,24);5-14H,1-4H3,(H,21,22)(H,23,24);;;1H2/q;;2*+2;/p-4/b7-6+,12-8+,13-9+,16-10+,17-11+,18-14+,19-15+;6-5+,11-7+,12-8+,15-9+,16-10+,17-13+,18-14+;;;. The average molecular weight is 717 g/mol. The molecule has 0 aromatic rings. The van der Waals surface area contributed by atoms with E-state index in [1.165, 1.54) is 39.0 Å². The zero-order valence-electron chi connectivity index (χ0n) is 31.3. The van der Waals surface area contributed by atoms with Crippen molar-refractivity contribution in [3.05, 3.63) is 166 Å². The number of carbonyl (C=O) groups excluding carboxylic acids is 4. The summed E-state index contributed by atoms with van der Waals surface area (Å²) in [7, 11) is 0. The van der Waals surface area contributed by atoms with Gasteiger partial charge < -0.3 is 35.2 Å². The molecular formula is C41H48Mg2O8. The van der Waals surface area contributed by atoms with Crippen molar-refractivity contribution in [1.82, 2.24) is 0 Å². The van der Waals surface area contributed by atoms with E-state index in [1.807, 2.05) is 94.5 Å². The van der Waals surface area contributed by atoms with Gasteiger partial charge in [-0.05, 0) is 84.6 Å². The Morgan fingerprint density at radius 3 is 0.706 bits per heavy atom. The van der Waals surface area contributed by atoms with Gasteiger partial charge in [-0.25, -0.2) is 0 Å². The predicted octanol–water partition coefficient (Wildman–Crippen LogP) is 4.78. The maximum Gasteiger partial charge on any atom is 2.00 e. The molecule has 0 aliphatic rings. The maximum absolute atomic E-state index is 11.1. The molecule has 0 rings (SSSR count). The van der Waals surface area contributed by atoms with E-state index in [9.17, 15) is 34.5 Å². The van der Waals surface area contributed by atoms with Gasteiger partial charge in [-0.15, -0.1) is 0 Å². The van der Waals surface area contributed by atoms with E-state index in [0.717, 1.165) is 27.9 Å². The molecule has 0 saturated heterocycles. The third-order valence-electron chi connectivity index (χ3n) is 6.00. The monoisotopic (exact) mass is 716 g/mol. The summed E-state index contributed by atoms with van der Waals surface area (Å²) in [6.07, 6.45) is 35.6. The minimum Gasteiger partial charge on any atom is -0.870 e. The molecule has 0 aliphatic heterocycles. The number of carboxylic acid groups (broad SMARTS) is 3. The van der Waals surface area contributed by atoms with Gasteiger partial charge in [0.15, 0.2) is 5.78 Å². The number of rotatable bonds is 16. The van der Waals surface area contributed by atoms with Crippen LogP contribution in [-0.2, 0) is 19.2 Å². The Morgan fingerprint density at radius 2 is 0.529 bits per heavy atom. The van der Waals surface area contributed by atoms with Gasteiger partial charge in [0.1, 0.15) is 0 Å². The first-order valence-electron chi connectivity index (χ1n) is 15.1. The molecule has 0 atom stereocenters. The van der Waals surface area contributed by atoms with Crippen molar-refractivity contribution in [1.29, 1.82) is 0 Å². The van der Waals surface area contributed by atoms with Gasteiger partial charge in [0.05, 0.1) is 17.9 Å². The largest absolute Gasteiger partial charge is 2.00 e. The first-order chi connectivity index (χ1) is 22.5. The average Bonchev–Trinajstić information content (AvgIpc) is 3.01. The van der Waals surface area contributed by atoms with Crippen molar-refractivity contribution >= 4 is 69.8 Å². The van der Waals surface area contributed by atoms with Gasteiger partial charge in [-0.2, -0.15) is 0 Å². The van der Waals surface area contributed by atoms with E-state index in [2.05, 4.69) is 0 Å². The molecule has 0 heterocycles. The van der Waals surface area contributed by atoms with Gasteiger partial charge in [-0.1, -0.05) is 144 Å². The number of carboxylic acids is 3. The molecule has 0 unspecified atom stereocenters. The molecule has 0 amide bonds. The minimum atomic E-state index is -1.18. The molecule has 10 heteroatoms. The Kier molecular flexibility index (Phi) is 38.0. The molecule has 0 radical (unpaired) electrons. The van der Waals surface area contributed by atoms with Crippen LogP contribution in [0.1, 0.15) is 62.3 Å². The number of allylic oxidation sites excluding steroid dienone is 25. The van der Waals surface area contributed by atoms with Gasteiger partial charge in [0, 0.05) is 0 Å². The second kappa shape index (κ2) is 34.4. The van der Waals surface area contributed by atoms with Crippen molar-refractivity contribution in [3.8, 4) is 0 Å². The van der Waals surface area contributed by atoms with Crippen molar-refractivity contribution in [2.24, 2.45) is 0 Å². The maximum atomic E-state index is 11.1. The molecule has 0 aromatic heterocycles. The van der Waals surface area contributed by atoms with Crippen LogP contribution >= 0.6 is 0 Å². The zero-order valence-corrected chi connectivity index (χ0v) is 34.1. The summed E-state index contributed by atoms with van der Waals surface area (Å²) >= 11 is 0. The van der Waals surface area contributed by atoms with E-state index >= 15 is 0 Å². The molecular weight excluding hydrogens is 669 g/mol. The normalized spacial score (nSPS) is 14.1. The van der Waals surface area contributed by atoms with Crippen LogP contribution in [-0.4, -0.2) is 75.3 Å². The van der Waals surface area contributed by atoms with Gasteiger partial charge in [0.2, 0.25) is 0 Å². The van der Waals surface area contributed by atoms with E-state index in [1.54, 1.807) is 50.3 Å². The molecule has 8 nitrogen and oxygen atoms in total. The molecule has 51 heavy (non-hydrogen) atoms. The summed E-state index contributed by atoms with van der Waals surface area (Å²) in [6.45, 7) is 15.5. The summed E-state index contributed by atoms with van der Waals surface area (Å²) in [5, 5.41) is 31.5. The molecule has 0 fully saturated rings. The zero-order chi connectivity index (χ0) is 37.1. The van der Waals surface area contributed by atoms with Crippen molar-refractivity contribution in [2.75, 3.05) is 0 Å². The van der Waals surface area contributed by atoms with Crippen LogP contribution in [0.3, 0.4) is 0 Å². The minimum absolute atomic E-state index is 0. The van der Waals surface area contributed by atoms with Crippen LogP contribution in [0.15, 0.2) is 166 Å². The molecule has 264 valence electrons. The molecule has 0 saturated carbocycles. The first-order valence-corrected chi connectivity index (χ1v) is 15.1. The predicted molar refractivity (Wildman–Crippen MR) is 204 cm³/mol. The van der Waals surface area contributed by atoms with Gasteiger partial charge in [-0.3, -0.25) is 4.79 Å². The number of hydrogen-bond donors (Lipinski definition) is 0. The van der Waals surface area contributed by atoms with Crippen LogP contribution in [0.2, 0.25) is 0 Å². The SMILES string of the molecule is CC(/C=C/C=C(\C)C(=O)[O-])=C\C=C\C=C(C)\C=C\C=C(/C)C(=O)[O-].CC(=O)/C(C)=C/C=C/C(C)=C/C=C/C=C(C)/C=C/C=C(\C)C(=O)[O-].[Mg+2].[Mg+2].[OH-]. The molecule has 1 N–H and O–H groups in total. The number of hydrogen-bond acceptors (Lipinski definition) is 8.